The van der Waals surface area contributed by atoms with Crippen LogP contribution in [0.15, 0.2) is 42.5 Å². The van der Waals surface area contributed by atoms with Crippen molar-refractivity contribution in [3.8, 4) is 5.75 Å². The van der Waals surface area contributed by atoms with Gasteiger partial charge in [0.1, 0.15) is 23.2 Å². The first-order valence-corrected chi connectivity index (χ1v) is 11.5. The van der Waals surface area contributed by atoms with E-state index in [-0.39, 0.29) is 11.7 Å². The molecule has 0 saturated heterocycles. The molecule has 0 spiro atoms. The summed E-state index contributed by atoms with van der Waals surface area (Å²) < 4.78 is 35.2. The van der Waals surface area contributed by atoms with E-state index < -0.39 is 23.6 Å². The molecule has 1 amide bonds. The smallest absolute Gasteiger partial charge is 0.254 e. The maximum absolute atomic E-state index is 14.0. The van der Waals surface area contributed by atoms with Gasteiger partial charge in [0, 0.05) is 32.6 Å². The van der Waals surface area contributed by atoms with E-state index in [1.165, 1.54) is 5.56 Å². The van der Waals surface area contributed by atoms with Gasteiger partial charge in [-0.05, 0) is 56.7 Å². The average Bonchev–Trinajstić information content (AvgIpc) is 3.11. The first-order valence-electron chi connectivity index (χ1n) is 11.5. The lowest BCUT2D eigenvalue weighted by atomic mass is 10.1. The van der Waals surface area contributed by atoms with Crippen molar-refractivity contribution in [1.29, 1.82) is 0 Å². The molecule has 9 heteroatoms. The highest BCUT2D eigenvalue weighted by atomic mass is 19.1. The van der Waals surface area contributed by atoms with Crippen molar-refractivity contribution in [2.24, 2.45) is 0 Å². The molecule has 0 saturated carbocycles. The second-order valence-corrected chi connectivity index (χ2v) is 8.78. The molecule has 34 heavy (non-hydrogen) atoms. The Morgan fingerprint density at radius 2 is 1.82 bits per heavy atom. The summed E-state index contributed by atoms with van der Waals surface area (Å²) in [6.07, 6.45) is 0.863. The Kier molecular flexibility index (Phi) is 7.21. The minimum Gasteiger partial charge on any atom is -0.491 e. The molecule has 4 rings (SSSR count). The summed E-state index contributed by atoms with van der Waals surface area (Å²) in [6.45, 7) is 8.86. The van der Waals surface area contributed by atoms with Gasteiger partial charge < -0.3 is 14.6 Å². The van der Waals surface area contributed by atoms with Gasteiger partial charge >= 0.3 is 0 Å². The van der Waals surface area contributed by atoms with Crippen LogP contribution < -0.4 is 10.1 Å². The zero-order valence-corrected chi connectivity index (χ0v) is 19.6. The zero-order valence-electron chi connectivity index (χ0n) is 19.6. The van der Waals surface area contributed by atoms with E-state index >= 15 is 0 Å². The summed E-state index contributed by atoms with van der Waals surface area (Å²) in [5.41, 5.74) is 0.866. The van der Waals surface area contributed by atoms with Gasteiger partial charge in [0.2, 0.25) is 0 Å². The Bertz CT molecular complexity index is 1150. The van der Waals surface area contributed by atoms with E-state index in [2.05, 4.69) is 32.5 Å². The fraction of sp³-hybridized carbons (Fsp3) is 0.400. The highest BCUT2D eigenvalue weighted by Crippen LogP contribution is 2.19. The molecule has 3 aromatic rings. The summed E-state index contributed by atoms with van der Waals surface area (Å²) in [6, 6.07) is 10.4. The minimum absolute atomic E-state index is 0.140. The number of carbonyl (C=O) groups is 1. The second-order valence-electron chi connectivity index (χ2n) is 8.78. The fourth-order valence-electron chi connectivity index (χ4n) is 4.08. The van der Waals surface area contributed by atoms with E-state index in [9.17, 15) is 13.6 Å². The average molecular weight is 470 g/mol. The Hall–Kier alpha value is -3.33. The molecule has 1 N–H and O–H groups in total. The van der Waals surface area contributed by atoms with Gasteiger partial charge in [0.15, 0.2) is 5.82 Å². The van der Waals surface area contributed by atoms with E-state index in [1.54, 1.807) is 6.92 Å². The van der Waals surface area contributed by atoms with Gasteiger partial charge in [-0.3, -0.25) is 9.69 Å². The van der Waals surface area contributed by atoms with Crippen LogP contribution in [0, 0.1) is 11.6 Å². The number of nitrogens with zero attached hydrogens (tertiary/aromatic N) is 4. The summed E-state index contributed by atoms with van der Waals surface area (Å²) >= 11 is 0. The van der Waals surface area contributed by atoms with Gasteiger partial charge in [-0.25, -0.2) is 8.78 Å². The number of aromatic nitrogens is 3. The molecule has 7 nitrogen and oxygen atoms in total. The first-order chi connectivity index (χ1) is 16.3. The SMILES string of the molecule is CC(C)Oc1ccc(CN2CCc3nnc([C@@H](C)NC(=O)c4cc(F)ccc4F)n3CC2)cc1. The van der Waals surface area contributed by atoms with Crippen LogP contribution in [-0.2, 0) is 19.5 Å². The van der Waals surface area contributed by atoms with Crippen LogP contribution in [0.3, 0.4) is 0 Å². The highest BCUT2D eigenvalue weighted by molar-refractivity contribution is 5.94. The quantitative estimate of drug-likeness (QED) is 0.568. The van der Waals surface area contributed by atoms with Crippen LogP contribution in [-0.4, -0.2) is 44.8 Å². The summed E-state index contributed by atoms with van der Waals surface area (Å²) in [5, 5.41) is 11.3. The molecule has 1 atom stereocenters. The molecule has 0 fully saturated rings. The van der Waals surface area contributed by atoms with Crippen LogP contribution in [0.5, 0.6) is 5.75 Å². The van der Waals surface area contributed by atoms with Crippen LogP contribution >= 0.6 is 0 Å². The third-order valence-electron chi connectivity index (χ3n) is 5.76. The number of rotatable bonds is 7. The Morgan fingerprint density at radius 3 is 2.56 bits per heavy atom. The van der Waals surface area contributed by atoms with Gasteiger partial charge in [-0.1, -0.05) is 12.1 Å². The molecule has 1 aliphatic heterocycles. The van der Waals surface area contributed by atoms with Crippen LogP contribution in [0.1, 0.15) is 54.4 Å². The van der Waals surface area contributed by atoms with E-state index in [4.69, 9.17) is 4.74 Å². The monoisotopic (exact) mass is 469 g/mol. The van der Waals surface area contributed by atoms with E-state index in [1.807, 2.05) is 30.5 Å². The largest absolute Gasteiger partial charge is 0.491 e. The number of carbonyl (C=O) groups excluding carboxylic acids is 1. The number of hydrogen-bond donors (Lipinski definition) is 1. The number of benzene rings is 2. The maximum Gasteiger partial charge on any atom is 0.254 e. The van der Waals surface area contributed by atoms with Gasteiger partial charge in [0.25, 0.3) is 5.91 Å². The van der Waals surface area contributed by atoms with Crippen LogP contribution in [0.4, 0.5) is 8.78 Å². The molecular weight excluding hydrogens is 440 g/mol. The number of fused-ring (bicyclic) bond motifs is 1. The number of nitrogens with one attached hydrogen (secondary N) is 1. The van der Waals surface area contributed by atoms with Crippen molar-refractivity contribution < 1.29 is 18.3 Å². The lowest BCUT2D eigenvalue weighted by Crippen LogP contribution is -2.30. The van der Waals surface area contributed by atoms with Crippen molar-refractivity contribution in [2.75, 3.05) is 13.1 Å². The van der Waals surface area contributed by atoms with Crippen molar-refractivity contribution in [1.82, 2.24) is 25.0 Å². The Balaban J connectivity index is 1.39. The van der Waals surface area contributed by atoms with Gasteiger partial charge in [0.05, 0.1) is 17.7 Å². The fourth-order valence-corrected chi connectivity index (χ4v) is 4.08. The standard InChI is InChI=1S/C25H29F2N5O2/c1-16(2)34-20-7-4-18(5-8-20)15-31-11-10-23-29-30-24(32(23)13-12-31)17(3)28-25(33)21-14-19(26)6-9-22(21)27/h4-9,14,16-17H,10-13,15H2,1-3H3,(H,28,33)/t17-/m1/s1. The number of hydrogen-bond acceptors (Lipinski definition) is 5. The topological polar surface area (TPSA) is 72.3 Å². The molecule has 0 bridgehead atoms. The third-order valence-corrected chi connectivity index (χ3v) is 5.76. The third kappa shape index (κ3) is 5.59. The molecule has 1 aliphatic rings. The normalized spacial score (nSPS) is 15.0. The van der Waals surface area contributed by atoms with Crippen molar-refractivity contribution in [2.45, 2.75) is 52.4 Å². The summed E-state index contributed by atoms with van der Waals surface area (Å²) in [7, 11) is 0. The van der Waals surface area contributed by atoms with Crippen molar-refractivity contribution >= 4 is 5.91 Å². The lowest BCUT2D eigenvalue weighted by molar-refractivity contribution is 0.0932. The molecule has 180 valence electrons. The van der Waals surface area contributed by atoms with Crippen molar-refractivity contribution in [3.05, 3.63) is 76.9 Å². The first kappa shape index (κ1) is 23.8. The molecule has 2 heterocycles. The molecule has 2 aromatic carbocycles. The predicted molar refractivity (Wildman–Crippen MR) is 123 cm³/mol. The van der Waals surface area contributed by atoms with Crippen LogP contribution in [0.25, 0.3) is 0 Å². The molecule has 1 aromatic heterocycles. The molecule has 0 aliphatic carbocycles. The number of ether oxygens (including phenoxy) is 1. The Morgan fingerprint density at radius 1 is 1.06 bits per heavy atom. The zero-order chi connectivity index (χ0) is 24.2. The van der Waals surface area contributed by atoms with E-state index in [0.29, 0.717) is 12.4 Å². The van der Waals surface area contributed by atoms with Gasteiger partial charge in [-0.15, -0.1) is 10.2 Å². The van der Waals surface area contributed by atoms with Gasteiger partial charge in [-0.2, -0.15) is 0 Å². The summed E-state index contributed by atoms with van der Waals surface area (Å²) in [4.78, 5) is 14.9. The molecule has 0 radical (unpaired) electrons. The maximum atomic E-state index is 14.0. The molecule has 0 unspecified atom stereocenters. The van der Waals surface area contributed by atoms with Crippen LogP contribution in [0.2, 0.25) is 0 Å². The number of halogens is 2. The second kappa shape index (κ2) is 10.3. The number of amides is 1. The lowest BCUT2D eigenvalue weighted by Gasteiger charge is -2.20. The Labute approximate surface area is 197 Å². The highest BCUT2D eigenvalue weighted by Gasteiger charge is 2.24. The summed E-state index contributed by atoms with van der Waals surface area (Å²) in [5.74, 6) is 0.165. The van der Waals surface area contributed by atoms with E-state index in [0.717, 1.165) is 55.8 Å². The molecular formula is C25H29F2N5O2. The van der Waals surface area contributed by atoms with Crippen molar-refractivity contribution in [3.63, 3.8) is 0 Å². The predicted octanol–water partition coefficient (Wildman–Crippen LogP) is 3.89. The minimum atomic E-state index is -0.773.